The highest BCUT2D eigenvalue weighted by molar-refractivity contribution is 5.77. The van der Waals surface area contributed by atoms with Crippen LogP contribution in [0.1, 0.15) is 33.6 Å². The second-order valence-electron chi connectivity index (χ2n) is 5.58. The van der Waals surface area contributed by atoms with Crippen molar-refractivity contribution in [3.63, 3.8) is 0 Å². The van der Waals surface area contributed by atoms with E-state index in [1.807, 2.05) is 20.8 Å². The summed E-state index contributed by atoms with van der Waals surface area (Å²) >= 11 is 0. The molecule has 0 aromatic carbocycles. The summed E-state index contributed by atoms with van der Waals surface area (Å²) in [5.41, 5.74) is 5.09. The summed E-state index contributed by atoms with van der Waals surface area (Å²) in [6, 6.07) is 0.0418. The lowest BCUT2D eigenvalue weighted by Gasteiger charge is -2.24. The minimum atomic E-state index is -0.477. The Balaban J connectivity index is 2.41. The maximum atomic E-state index is 11.7. The molecule has 0 radical (unpaired) electrons. The molecule has 1 aliphatic rings. The number of rotatable bonds is 4. The minimum absolute atomic E-state index is 0.0418. The van der Waals surface area contributed by atoms with E-state index in [4.69, 9.17) is 10.5 Å². The minimum Gasteiger partial charge on any atom is -0.444 e. The topological polar surface area (TPSA) is 88.7 Å². The molecule has 0 spiro atoms. The van der Waals surface area contributed by atoms with Crippen LogP contribution in [0.5, 0.6) is 0 Å². The fourth-order valence-electron chi connectivity index (χ4n) is 1.59. The molecule has 0 bridgehead atoms. The predicted octanol–water partition coefficient (Wildman–Crippen LogP) is 0.824. The highest BCUT2D eigenvalue weighted by Gasteiger charge is 2.33. The number of nitrogens with two attached hydrogens (primary N) is 1. The number of hydrogen-bond donors (Lipinski definition) is 3. The van der Waals surface area contributed by atoms with Crippen molar-refractivity contribution in [2.45, 2.75) is 45.3 Å². The lowest BCUT2D eigenvalue weighted by molar-refractivity contribution is 0.0498. The molecular weight excluding hydrogens is 232 g/mol. The molecule has 0 aromatic rings. The quantitative estimate of drug-likeness (QED) is 0.513. The zero-order valence-corrected chi connectivity index (χ0v) is 11.6. The van der Waals surface area contributed by atoms with Gasteiger partial charge in [-0.15, -0.1) is 0 Å². The van der Waals surface area contributed by atoms with Crippen molar-refractivity contribution in [3.05, 3.63) is 0 Å². The van der Waals surface area contributed by atoms with Gasteiger partial charge in [-0.25, -0.2) is 4.79 Å². The first-order valence-electron chi connectivity index (χ1n) is 6.27. The number of hydrogen-bond acceptors (Lipinski definition) is 3. The molecule has 1 atom stereocenters. The van der Waals surface area contributed by atoms with Crippen molar-refractivity contribution < 1.29 is 9.53 Å². The van der Waals surface area contributed by atoms with Crippen LogP contribution in [0.25, 0.3) is 0 Å². The number of carbonyl (C=O) groups is 1. The Labute approximate surface area is 108 Å². The third-order valence-corrected chi connectivity index (χ3v) is 2.64. The van der Waals surface area contributed by atoms with Crippen LogP contribution in [-0.4, -0.2) is 37.3 Å². The van der Waals surface area contributed by atoms with E-state index >= 15 is 0 Å². The van der Waals surface area contributed by atoms with Gasteiger partial charge >= 0.3 is 6.09 Å². The Kier molecular flexibility index (Phi) is 4.81. The van der Waals surface area contributed by atoms with E-state index < -0.39 is 5.60 Å². The molecule has 0 aliphatic heterocycles. The monoisotopic (exact) mass is 256 g/mol. The summed E-state index contributed by atoms with van der Waals surface area (Å²) in [5, 5.41) is 5.86. The molecule has 1 aliphatic carbocycles. The molecule has 4 N–H and O–H groups in total. The maximum Gasteiger partial charge on any atom is 0.407 e. The number of alkyl carbamates (subject to hydrolysis) is 1. The number of amides is 1. The van der Waals surface area contributed by atoms with Gasteiger partial charge in [0.05, 0.1) is 6.04 Å². The van der Waals surface area contributed by atoms with Crippen LogP contribution < -0.4 is 16.4 Å². The number of aliphatic imine (C=N–C) groups is 1. The zero-order valence-electron chi connectivity index (χ0n) is 11.6. The van der Waals surface area contributed by atoms with E-state index in [0.29, 0.717) is 18.4 Å². The number of ether oxygens (including phenoxy) is 1. The summed E-state index contributed by atoms with van der Waals surface area (Å²) in [7, 11) is 1.62. The first-order chi connectivity index (χ1) is 8.31. The van der Waals surface area contributed by atoms with Crippen molar-refractivity contribution in [1.82, 2.24) is 10.6 Å². The van der Waals surface area contributed by atoms with Gasteiger partial charge in [-0.05, 0) is 39.5 Å². The van der Waals surface area contributed by atoms with Crippen LogP contribution >= 0.6 is 0 Å². The number of nitrogens with one attached hydrogen (secondary N) is 2. The molecule has 0 aromatic heterocycles. The van der Waals surface area contributed by atoms with Crippen LogP contribution in [0, 0.1) is 5.92 Å². The SMILES string of the molecule is CN=C(N)NCC(NC(=O)OC(C)(C)C)C1CC1. The van der Waals surface area contributed by atoms with Crippen LogP contribution in [0.15, 0.2) is 4.99 Å². The van der Waals surface area contributed by atoms with Crippen molar-refractivity contribution in [3.8, 4) is 0 Å². The van der Waals surface area contributed by atoms with Crippen molar-refractivity contribution >= 4 is 12.1 Å². The van der Waals surface area contributed by atoms with Gasteiger partial charge in [0.25, 0.3) is 0 Å². The smallest absolute Gasteiger partial charge is 0.407 e. The van der Waals surface area contributed by atoms with Gasteiger partial charge in [0.1, 0.15) is 5.60 Å². The van der Waals surface area contributed by atoms with Crippen molar-refractivity contribution in [2.24, 2.45) is 16.6 Å². The second kappa shape index (κ2) is 5.93. The lowest BCUT2D eigenvalue weighted by atomic mass is 10.2. The summed E-state index contributed by atoms with van der Waals surface area (Å²) < 4.78 is 5.24. The lowest BCUT2D eigenvalue weighted by Crippen LogP contribution is -2.48. The normalized spacial score (nSPS) is 18.1. The highest BCUT2D eigenvalue weighted by Crippen LogP contribution is 2.32. The largest absolute Gasteiger partial charge is 0.444 e. The molecule has 1 rings (SSSR count). The van der Waals surface area contributed by atoms with Crippen LogP contribution in [0.4, 0.5) is 4.79 Å². The van der Waals surface area contributed by atoms with E-state index in [0.717, 1.165) is 12.8 Å². The first kappa shape index (κ1) is 14.6. The molecule has 18 heavy (non-hydrogen) atoms. The molecule has 0 saturated heterocycles. The Morgan fingerprint density at radius 2 is 2.11 bits per heavy atom. The Morgan fingerprint density at radius 3 is 2.56 bits per heavy atom. The fraction of sp³-hybridized carbons (Fsp3) is 0.833. The van der Waals surface area contributed by atoms with E-state index in [2.05, 4.69) is 15.6 Å². The van der Waals surface area contributed by atoms with Crippen molar-refractivity contribution in [1.29, 1.82) is 0 Å². The average Bonchev–Trinajstić information content (AvgIpc) is 3.04. The molecule has 1 amide bonds. The standard InChI is InChI=1S/C12H24N4O2/c1-12(2,3)18-11(17)16-9(8-5-6-8)7-15-10(13)14-4/h8-9H,5-7H2,1-4H3,(H,16,17)(H3,13,14,15). The molecule has 104 valence electrons. The molecule has 1 unspecified atom stereocenters. The van der Waals surface area contributed by atoms with E-state index in [9.17, 15) is 4.79 Å². The van der Waals surface area contributed by atoms with Crippen LogP contribution in [-0.2, 0) is 4.74 Å². The van der Waals surface area contributed by atoms with Gasteiger partial charge in [-0.1, -0.05) is 0 Å². The number of carbonyl (C=O) groups excluding carboxylic acids is 1. The summed E-state index contributed by atoms with van der Waals surface area (Å²) in [4.78, 5) is 15.5. The zero-order chi connectivity index (χ0) is 13.8. The van der Waals surface area contributed by atoms with E-state index in [1.165, 1.54) is 0 Å². The van der Waals surface area contributed by atoms with Gasteiger partial charge in [-0.2, -0.15) is 0 Å². The van der Waals surface area contributed by atoms with Crippen LogP contribution in [0.2, 0.25) is 0 Å². The Morgan fingerprint density at radius 1 is 1.50 bits per heavy atom. The Hall–Kier alpha value is -1.46. The van der Waals surface area contributed by atoms with Crippen molar-refractivity contribution in [2.75, 3.05) is 13.6 Å². The predicted molar refractivity (Wildman–Crippen MR) is 71.4 cm³/mol. The van der Waals surface area contributed by atoms with Gasteiger partial charge in [0.15, 0.2) is 5.96 Å². The molecule has 6 nitrogen and oxygen atoms in total. The molecule has 1 saturated carbocycles. The molecule has 1 fully saturated rings. The average molecular weight is 256 g/mol. The maximum absolute atomic E-state index is 11.7. The highest BCUT2D eigenvalue weighted by atomic mass is 16.6. The molecule has 6 heteroatoms. The summed E-state index contributed by atoms with van der Waals surface area (Å²) in [5.74, 6) is 0.890. The third-order valence-electron chi connectivity index (χ3n) is 2.64. The number of nitrogens with zero attached hydrogens (tertiary/aromatic N) is 1. The van der Waals surface area contributed by atoms with Crippen LogP contribution in [0.3, 0.4) is 0 Å². The summed E-state index contributed by atoms with van der Waals surface area (Å²) in [6.45, 7) is 6.11. The van der Waals surface area contributed by atoms with Gasteiger partial charge in [0, 0.05) is 13.6 Å². The van der Waals surface area contributed by atoms with E-state index in [1.54, 1.807) is 7.05 Å². The van der Waals surface area contributed by atoms with Gasteiger partial charge in [0.2, 0.25) is 0 Å². The van der Waals surface area contributed by atoms with Gasteiger partial charge in [-0.3, -0.25) is 4.99 Å². The molecule has 0 heterocycles. The number of guanidine groups is 1. The third kappa shape index (κ3) is 5.75. The van der Waals surface area contributed by atoms with E-state index in [-0.39, 0.29) is 12.1 Å². The summed E-state index contributed by atoms with van der Waals surface area (Å²) in [6.07, 6.45) is 1.88. The first-order valence-corrected chi connectivity index (χ1v) is 6.27. The Bertz CT molecular complexity index is 319. The molecular formula is C12H24N4O2. The van der Waals surface area contributed by atoms with Gasteiger partial charge < -0.3 is 21.1 Å². The fourth-order valence-corrected chi connectivity index (χ4v) is 1.59. The second-order valence-corrected chi connectivity index (χ2v) is 5.58.